The molecule has 3 aromatic rings. The summed E-state index contributed by atoms with van der Waals surface area (Å²) in [7, 11) is 0. The Morgan fingerprint density at radius 3 is 2.16 bits per heavy atom. The van der Waals surface area contributed by atoms with Crippen LogP contribution in [0.5, 0.6) is 0 Å². The van der Waals surface area contributed by atoms with Crippen molar-refractivity contribution in [3.05, 3.63) is 71.9 Å². The predicted molar refractivity (Wildman–Crippen MR) is 110 cm³/mol. The number of pyridine rings is 1. The molecule has 25 heavy (non-hydrogen) atoms. The number of benzene rings is 2. The maximum atomic E-state index is 4.77. The molecule has 0 spiro atoms. The maximum absolute atomic E-state index is 4.77. The minimum atomic E-state index is -1.84. The molecule has 1 aliphatic rings. The van der Waals surface area contributed by atoms with Crippen LogP contribution in [0.1, 0.15) is 25.0 Å². The van der Waals surface area contributed by atoms with Crippen molar-refractivity contribution < 1.29 is 0 Å². The van der Waals surface area contributed by atoms with E-state index in [1.165, 1.54) is 27.8 Å². The van der Waals surface area contributed by atoms with E-state index in [4.69, 9.17) is 4.98 Å². The zero-order chi connectivity index (χ0) is 17.8. The van der Waals surface area contributed by atoms with Gasteiger partial charge in [0.05, 0.1) is 0 Å². The van der Waals surface area contributed by atoms with Crippen molar-refractivity contribution in [2.45, 2.75) is 36.5 Å². The van der Waals surface area contributed by atoms with Crippen molar-refractivity contribution in [1.82, 2.24) is 4.98 Å². The molecule has 0 saturated heterocycles. The summed E-state index contributed by atoms with van der Waals surface area (Å²) in [6.07, 6.45) is 2.07. The Balaban J connectivity index is 1.88. The summed E-state index contributed by atoms with van der Waals surface area (Å²) >= 11 is -1.84. The first-order chi connectivity index (χ1) is 11.8. The molecular weight excluding hydrogens is 363 g/mol. The average Bonchev–Trinajstić information content (AvgIpc) is 2.82. The predicted octanol–water partition coefficient (Wildman–Crippen LogP) is 5.60. The van der Waals surface area contributed by atoms with E-state index in [-0.39, 0.29) is 5.41 Å². The molecule has 126 valence electrons. The molecule has 0 atom stereocenters. The van der Waals surface area contributed by atoms with Crippen LogP contribution in [0.4, 0.5) is 0 Å². The zero-order valence-electron chi connectivity index (χ0n) is 15.7. The van der Waals surface area contributed by atoms with Gasteiger partial charge >= 0.3 is 153 Å². The van der Waals surface area contributed by atoms with E-state index < -0.39 is 13.3 Å². The molecule has 4 rings (SSSR count). The van der Waals surface area contributed by atoms with Gasteiger partial charge in [0.15, 0.2) is 0 Å². The van der Waals surface area contributed by atoms with Gasteiger partial charge in [0.1, 0.15) is 0 Å². The van der Waals surface area contributed by atoms with Gasteiger partial charge in [-0.05, 0) is 0 Å². The number of nitrogens with zero attached hydrogens (tertiary/aromatic N) is 1. The Kier molecular flexibility index (Phi) is 3.70. The van der Waals surface area contributed by atoms with Crippen LogP contribution < -0.4 is 4.40 Å². The molecule has 0 radical (unpaired) electrons. The third-order valence-electron chi connectivity index (χ3n) is 5.50. The van der Waals surface area contributed by atoms with E-state index in [2.05, 4.69) is 91.9 Å². The van der Waals surface area contributed by atoms with Crippen molar-refractivity contribution in [2.24, 2.45) is 0 Å². The van der Waals surface area contributed by atoms with E-state index >= 15 is 0 Å². The number of rotatable bonds is 2. The van der Waals surface area contributed by atoms with E-state index in [1.807, 2.05) is 0 Å². The zero-order valence-corrected chi connectivity index (χ0v) is 17.8. The van der Waals surface area contributed by atoms with Crippen molar-refractivity contribution in [3.63, 3.8) is 0 Å². The Bertz CT molecular complexity index is 950. The van der Waals surface area contributed by atoms with Crippen LogP contribution in [0.2, 0.25) is 17.3 Å². The standard InChI is InChI=1S/C23H25GeN/c1-23(2)20-13-17(24(3,4)5)11-12-18(20)19-15-25-22(14-21(19)23)16-9-7-6-8-10-16/h6-15H,1-5H3. The van der Waals surface area contributed by atoms with Gasteiger partial charge in [-0.15, -0.1) is 0 Å². The second kappa shape index (κ2) is 5.57. The number of aromatic nitrogens is 1. The third-order valence-corrected chi connectivity index (χ3v) is 9.78. The molecule has 2 heteroatoms. The van der Waals surface area contributed by atoms with Crippen LogP contribution >= 0.6 is 0 Å². The summed E-state index contributed by atoms with van der Waals surface area (Å²) in [6, 6.07) is 19.9. The number of fused-ring (bicyclic) bond motifs is 3. The summed E-state index contributed by atoms with van der Waals surface area (Å²) < 4.78 is 1.58. The fourth-order valence-corrected chi connectivity index (χ4v) is 6.30. The second-order valence-electron chi connectivity index (χ2n) is 8.62. The van der Waals surface area contributed by atoms with Crippen LogP contribution in [0.15, 0.2) is 60.8 Å². The quantitative estimate of drug-likeness (QED) is 0.521. The monoisotopic (exact) mass is 389 g/mol. The Labute approximate surface area is 153 Å². The molecule has 0 saturated carbocycles. The molecule has 0 fully saturated rings. The van der Waals surface area contributed by atoms with Gasteiger partial charge in [-0.25, -0.2) is 0 Å². The van der Waals surface area contributed by atoms with Gasteiger partial charge in [0, 0.05) is 0 Å². The van der Waals surface area contributed by atoms with E-state index in [0.717, 1.165) is 5.69 Å². The fourth-order valence-electron chi connectivity index (χ4n) is 3.86. The van der Waals surface area contributed by atoms with E-state index in [0.29, 0.717) is 0 Å². The first kappa shape index (κ1) is 16.6. The van der Waals surface area contributed by atoms with Crippen molar-refractivity contribution in [1.29, 1.82) is 0 Å². The molecule has 0 unspecified atom stereocenters. The molecule has 1 heterocycles. The first-order valence-electron chi connectivity index (χ1n) is 9.00. The molecule has 0 amide bonds. The molecule has 1 aromatic heterocycles. The molecule has 2 aromatic carbocycles. The molecule has 0 bridgehead atoms. The Hall–Kier alpha value is -1.87. The van der Waals surface area contributed by atoms with Crippen molar-refractivity contribution in [3.8, 4) is 22.4 Å². The van der Waals surface area contributed by atoms with E-state index in [1.54, 1.807) is 4.40 Å². The Morgan fingerprint density at radius 2 is 1.48 bits per heavy atom. The summed E-state index contributed by atoms with van der Waals surface area (Å²) in [6.45, 7) is 4.71. The van der Waals surface area contributed by atoms with Crippen LogP contribution in [-0.2, 0) is 5.41 Å². The first-order valence-corrected chi connectivity index (χ1v) is 16.3. The number of hydrogen-bond acceptors (Lipinski definition) is 1. The summed E-state index contributed by atoms with van der Waals surface area (Å²) in [5, 5.41) is 0. The van der Waals surface area contributed by atoms with Gasteiger partial charge in [-0.3, -0.25) is 0 Å². The van der Waals surface area contributed by atoms with Crippen LogP contribution in [0, 0.1) is 0 Å². The van der Waals surface area contributed by atoms with Crippen LogP contribution in [-0.4, -0.2) is 18.3 Å². The fraction of sp³-hybridized carbons (Fsp3) is 0.261. The van der Waals surface area contributed by atoms with Crippen molar-refractivity contribution >= 4 is 17.7 Å². The van der Waals surface area contributed by atoms with Crippen LogP contribution in [0.25, 0.3) is 22.4 Å². The van der Waals surface area contributed by atoms with Gasteiger partial charge < -0.3 is 0 Å². The average molecular weight is 388 g/mol. The minimum absolute atomic E-state index is 0.0284. The third kappa shape index (κ3) is 2.65. The second-order valence-corrected chi connectivity index (χ2v) is 19.3. The molecule has 0 N–H and O–H groups in total. The van der Waals surface area contributed by atoms with E-state index in [9.17, 15) is 0 Å². The normalized spacial score (nSPS) is 14.9. The van der Waals surface area contributed by atoms with Gasteiger partial charge in [0.2, 0.25) is 0 Å². The molecule has 1 nitrogen and oxygen atoms in total. The molecule has 0 aliphatic heterocycles. The van der Waals surface area contributed by atoms with Gasteiger partial charge in [0.25, 0.3) is 0 Å². The van der Waals surface area contributed by atoms with Gasteiger partial charge in [-0.1, -0.05) is 0 Å². The molecular formula is C23H25GeN. The molecule has 1 aliphatic carbocycles. The number of hydrogen-bond donors (Lipinski definition) is 0. The SMILES string of the molecule is CC1(C)c2c[c]([Ge]([CH3])([CH3])[CH3])ccc2-c2cnc(-c3ccccc3)cc21. The van der Waals surface area contributed by atoms with Gasteiger partial charge in [-0.2, -0.15) is 0 Å². The summed E-state index contributed by atoms with van der Waals surface area (Å²) in [5.74, 6) is 7.39. The van der Waals surface area contributed by atoms with Crippen molar-refractivity contribution in [2.75, 3.05) is 0 Å². The van der Waals surface area contributed by atoms with Crippen LogP contribution in [0.3, 0.4) is 0 Å². The Morgan fingerprint density at radius 1 is 0.800 bits per heavy atom. The summed E-state index contributed by atoms with van der Waals surface area (Å²) in [5.41, 5.74) is 7.80. The topological polar surface area (TPSA) is 12.9 Å². The summed E-state index contributed by atoms with van der Waals surface area (Å²) in [4.78, 5) is 4.77.